The fourth-order valence-corrected chi connectivity index (χ4v) is 1.51. The maximum absolute atomic E-state index is 11.0. The van der Waals surface area contributed by atoms with Gasteiger partial charge in [0.25, 0.3) is 0 Å². The van der Waals surface area contributed by atoms with Crippen LogP contribution in [0.5, 0.6) is 0 Å². The van der Waals surface area contributed by atoms with Crippen molar-refractivity contribution < 1.29 is 14.7 Å². The van der Waals surface area contributed by atoms with E-state index in [0.717, 1.165) is 16.7 Å². The Morgan fingerprint density at radius 1 is 1.27 bits per heavy atom. The van der Waals surface area contributed by atoms with Gasteiger partial charge in [0.05, 0.1) is 5.56 Å². The second-order valence-corrected chi connectivity index (χ2v) is 3.76. The number of carbonyl (C=O) groups excluding carboxylic acids is 1. The van der Waals surface area contributed by atoms with Crippen LogP contribution in [0.2, 0.25) is 0 Å². The van der Waals surface area contributed by atoms with Crippen LogP contribution in [-0.2, 0) is 11.2 Å². The number of Topliss-reactive ketones (excluding diaryl/α,β-unsaturated/α-hetero) is 1. The van der Waals surface area contributed by atoms with E-state index < -0.39 is 5.97 Å². The van der Waals surface area contributed by atoms with Crippen molar-refractivity contribution >= 4 is 11.8 Å². The maximum atomic E-state index is 11.0. The number of ketones is 1. The average Bonchev–Trinajstić information content (AvgIpc) is 2.11. The lowest BCUT2D eigenvalue weighted by Gasteiger charge is -2.08. The fraction of sp³-hybridized carbons (Fsp3) is 0.333. The minimum absolute atomic E-state index is 0.0417. The Morgan fingerprint density at radius 3 is 2.33 bits per heavy atom. The summed E-state index contributed by atoms with van der Waals surface area (Å²) >= 11 is 0. The highest BCUT2D eigenvalue weighted by molar-refractivity contribution is 5.89. The zero-order valence-electron chi connectivity index (χ0n) is 9.13. The van der Waals surface area contributed by atoms with Gasteiger partial charge in [-0.1, -0.05) is 0 Å². The summed E-state index contributed by atoms with van der Waals surface area (Å²) in [5, 5.41) is 8.87. The van der Waals surface area contributed by atoms with Gasteiger partial charge in [0.1, 0.15) is 5.78 Å². The maximum Gasteiger partial charge on any atom is 0.335 e. The van der Waals surface area contributed by atoms with Crippen molar-refractivity contribution in [2.45, 2.75) is 27.2 Å². The van der Waals surface area contributed by atoms with E-state index in [1.807, 2.05) is 13.8 Å². The molecule has 1 aromatic carbocycles. The summed E-state index contributed by atoms with van der Waals surface area (Å²) in [6.45, 7) is 5.26. The molecule has 0 aromatic heterocycles. The summed E-state index contributed by atoms with van der Waals surface area (Å²) in [6, 6.07) is 3.20. The van der Waals surface area contributed by atoms with Crippen molar-refractivity contribution in [3.05, 3.63) is 34.4 Å². The fourth-order valence-electron chi connectivity index (χ4n) is 1.51. The average molecular weight is 206 g/mol. The molecule has 15 heavy (non-hydrogen) atoms. The normalized spacial score (nSPS) is 10.1. The zero-order valence-corrected chi connectivity index (χ0v) is 9.13. The van der Waals surface area contributed by atoms with Gasteiger partial charge in [0.15, 0.2) is 0 Å². The second-order valence-electron chi connectivity index (χ2n) is 3.76. The van der Waals surface area contributed by atoms with Gasteiger partial charge in [-0.3, -0.25) is 4.79 Å². The Kier molecular flexibility index (Phi) is 3.24. The van der Waals surface area contributed by atoms with Gasteiger partial charge < -0.3 is 5.11 Å². The third-order valence-corrected chi connectivity index (χ3v) is 2.46. The summed E-state index contributed by atoms with van der Waals surface area (Å²) in [7, 11) is 0. The molecule has 0 aliphatic heterocycles. The summed E-state index contributed by atoms with van der Waals surface area (Å²) in [5.74, 6) is -0.914. The molecular formula is C12H14O3. The SMILES string of the molecule is CC(=O)Cc1cc(C(=O)O)cc(C)c1C. The Balaban J connectivity index is 3.24. The van der Waals surface area contributed by atoms with E-state index in [1.165, 1.54) is 6.92 Å². The van der Waals surface area contributed by atoms with Crippen LogP contribution in [-0.4, -0.2) is 16.9 Å². The number of hydrogen-bond donors (Lipinski definition) is 1. The first kappa shape index (κ1) is 11.4. The summed E-state index contributed by atoms with van der Waals surface area (Å²) in [6.07, 6.45) is 0.299. The lowest BCUT2D eigenvalue weighted by Crippen LogP contribution is -2.05. The molecule has 0 unspecified atom stereocenters. The predicted octanol–water partition coefficient (Wildman–Crippen LogP) is 2.13. The molecule has 0 saturated heterocycles. The van der Waals surface area contributed by atoms with Gasteiger partial charge >= 0.3 is 5.97 Å². The van der Waals surface area contributed by atoms with Crippen molar-refractivity contribution in [3.63, 3.8) is 0 Å². The predicted molar refractivity (Wildman–Crippen MR) is 57.3 cm³/mol. The topological polar surface area (TPSA) is 54.4 Å². The molecule has 0 amide bonds. The number of carboxylic acids is 1. The number of aryl methyl sites for hydroxylation is 1. The molecule has 0 fully saturated rings. The van der Waals surface area contributed by atoms with Gasteiger partial charge in [0.2, 0.25) is 0 Å². The Hall–Kier alpha value is -1.64. The largest absolute Gasteiger partial charge is 0.478 e. The first-order valence-electron chi connectivity index (χ1n) is 4.74. The number of benzene rings is 1. The molecule has 1 aromatic rings. The molecule has 0 aliphatic carbocycles. The van der Waals surface area contributed by atoms with Crippen LogP contribution in [0.3, 0.4) is 0 Å². The van der Waals surface area contributed by atoms with Gasteiger partial charge in [-0.2, -0.15) is 0 Å². The standard InChI is InChI=1S/C12H14O3/c1-7-4-11(12(14)15)6-10(9(7)3)5-8(2)13/h4,6H,5H2,1-3H3,(H,14,15). The van der Waals surface area contributed by atoms with E-state index in [1.54, 1.807) is 12.1 Å². The monoisotopic (exact) mass is 206 g/mol. The molecule has 3 heteroatoms. The third-order valence-electron chi connectivity index (χ3n) is 2.46. The molecule has 1 N–H and O–H groups in total. The van der Waals surface area contributed by atoms with Gasteiger partial charge in [0, 0.05) is 6.42 Å². The molecule has 0 spiro atoms. The Morgan fingerprint density at radius 2 is 1.87 bits per heavy atom. The van der Waals surface area contributed by atoms with Crippen LogP contribution in [0.15, 0.2) is 12.1 Å². The molecule has 0 atom stereocenters. The summed E-state index contributed by atoms with van der Waals surface area (Å²) < 4.78 is 0. The number of hydrogen-bond acceptors (Lipinski definition) is 2. The smallest absolute Gasteiger partial charge is 0.335 e. The van der Waals surface area contributed by atoms with Crippen LogP contribution < -0.4 is 0 Å². The summed E-state index contributed by atoms with van der Waals surface area (Å²) in [5.41, 5.74) is 2.95. The molecule has 0 heterocycles. The van der Waals surface area contributed by atoms with Crippen LogP contribution >= 0.6 is 0 Å². The van der Waals surface area contributed by atoms with Crippen LogP contribution in [0.25, 0.3) is 0 Å². The minimum atomic E-state index is -0.956. The molecule has 3 nitrogen and oxygen atoms in total. The molecule has 0 radical (unpaired) electrons. The first-order chi connectivity index (χ1) is 6.91. The van der Waals surface area contributed by atoms with Crippen LogP contribution in [0, 0.1) is 13.8 Å². The highest BCUT2D eigenvalue weighted by atomic mass is 16.4. The van der Waals surface area contributed by atoms with Gasteiger partial charge in [-0.15, -0.1) is 0 Å². The van der Waals surface area contributed by atoms with E-state index in [2.05, 4.69) is 0 Å². The first-order valence-corrected chi connectivity index (χ1v) is 4.74. The highest BCUT2D eigenvalue weighted by Gasteiger charge is 2.10. The van der Waals surface area contributed by atoms with E-state index in [4.69, 9.17) is 5.11 Å². The molecular weight excluding hydrogens is 192 g/mol. The Labute approximate surface area is 88.7 Å². The van der Waals surface area contributed by atoms with Crippen molar-refractivity contribution in [2.24, 2.45) is 0 Å². The third kappa shape index (κ3) is 2.65. The zero-order chi connectivity index (χ0) is 11.6. The molecule has 0 saturated carbocycles. The van der Waals surface area contributed by atoms with E-state index in [-0.39, 0.29) is 11.3 Å². The minimum Gasteiger partial charge on any atom is -0.478 e. The molecule has 0 aliphatic rings. The highest BCUT2D eigenvalue weighted by Crippen LogP contribution is 2.17. The lowest BCUT2D eigenvalue weighted by atomic mass is 9.96. The molecule has 80 valence electrons. The van der Waals surface area contributed by atoms with Crippen LogP contribution in [0.4, 0.5) is 0 Å². The van der Waals surface area contributed by atoms with Gasteiger partial charge in [-0.25, -0.2) is 4.79 Å². The molecule has 1 rings (SSSR count). The van der Waals surface area contributed by atoms with Crippen molar-refractivity contribution in [3.8, 4) is 0 Å². The van der Waals surface area contributed by atoms with E-state index in [9.17, 15) is 9.59 Å². The number of rotatable bonds is 3. The van der Waals surface area contributed by atoms with Gasteiger partial charge in [-0.05, 0) is 49.6 Å². The number of carboxylic acid groups (broad SMARTS) is 1. The lowest BCUT2D eigenvalue weighted by molar-refractivity contribution is -0.116. The van der Waals surface area contributed by atoms with E-state index >= 15 is 0 Å². The van der Waals surface area contributed by atoms with Crippen LogP contribution in [0.1, 0.15) is 34.0 Å². The second kappa shape index (κ2) is 4.26. The molecule has 0 bridgehead atoms. The van der Waals surface area contributed by atoms with Crippen molar-refractivity contribution in [2.75, 3.05) is 0 Å². The number of aromatic carboxylic acids is 1. The van der Waals surface area contributed by atoms with E-state index in [0.29, 0.717) is 6.42 Å². The number of carbonyl (C=O) groups is 2. The summed E-state index contributed by atoms with van der Waals surface area (Å²) in [4.78, 5) is 21.8. The quantitative estimate of drug-likeness (QED) is 0.824. The van der Waals surface area contributed by atoms with Crippen molar-refractivity contribution in [1.82, 2.24) is 0 Å². The Bertz CT molecular complexity index is 419. The van der Waals surface area contributed by atoms with Crippen molar-refractivity contribution in [1.29, 1.82) is 0 Å².